The third-order valence-electron chi connectivity index (χ3n) is 4.40. The van der Waals surface area contributed by atoms with Crippen molar-refractivity contribution in [2.75, 3.05) is 42.9 Å². The predicted molar refractivity (Wildman–Crippen MR) is 99.9 cm³/mol. The van der Waals surface area contributed by atoms with Crippen LogP contribution in [0.1, 0.15) is 5.56 Å². The van der Waals surface area contributed by atoms with E-state index in [1.54, 1.807) is 24.3 Å². The minimum Gasteiger partial charge on any atom is -0.369 e. The Balaban J connectivity index is 1.51. The minimum absolute atomic E-state index is 0.0411. The molecule has 2 aromatic rings. The van der Waals surface area contributed by atoms with Crippen LogP contribution in [-0.2, 0) is 4.79 Å². The molecular formula is C19H21ClFN3O. The summed E-state index contributed by atoms with van der Waals surface area (Å²) in [4.78, 5) is 16.6. The molecule has 1 fully saturated rings. The number of nitrogens with zero attached hydrogens (tertiary/aromatic N) is 2. The van der Waals surface area contributed by atoms with Crippen molar-refractivity contribution >= 4 is 28.9 Å². The summed E-state index contributed by atoms with van der Waals surface area (Å²) in [5.41, 5.74) is 2.75. The van der Waals surface area contributed by atoms with Gasteiger partial charge in [-0.3, -0.25) is 9.69 Å². The van der Waals surface area contributed by atoms with Gasteiger partial charge in [0, 0.05) is 42.6 Å². The van der Waals surface area contributed by atoms with E-state index in [0.29, 0.717) is 11.6 Å². The lowest BCUT2D eigenvalue weighted by molar-refractivity contribution is -0.117. The summed E-state index contributed by atoms with van der Waals surface area (Å²) in [7, 11) is 0. The van der Waals surface area contributed by atoms with Crippen LogP contribution in [0.5, 0.6) is 0 Å². The van der Waals surface area contributed by atoms with E-state index in [1.807, 2.05) is 13.0 Å². The van der Waals surface area contributed by atoms with E-state index in [4.69, 9.17) is 11.6 Å². The Labute approximate surface area is 152 Å². The highest BCUT2D eigenvalue weighted by atomic mass is 35.5. The molecule has 0 unspecified atom stereocenters. The third-order valence-corrected chi connectivity index (χ3v) is 4.64. The Morgan fingerprint density at radius 2 is 1.80 bits per heavy atom. The minimum atomic E-state index is -0.227. The maximum atomic E-state index is 13.0. The van der Waals surface area contributed by atoms with Crippen molar-refractivity contribution < 1.29 is 9.18 Å². The van der Waals surface area contributed by atoms with Crippen LogP contribution < -0.4 is 10.2 Å². The van der Waals surface area contributed by atoms with Gasteiger partial charge in [0.15, 0.2) is 0 Å². The highest BCUT2D eigenvalue weighted by molar-refractivity contribution is 6.31. The van der Waals surface area contributed by atoms with Crippen LogP contribution in [0.25, 0.3) is 0 Å². The number of halogens is 2. The van der Waals surface area contributed by atoms with E-state index in [2.05, 4.69) is 15.1 Å². The second-order valence-corrected chi connectivity index (χ2v) is 6.68. The van der Waals surface area contributed by atoms with Gasteiger partial charge in [-0.05, 0) is 48.9 Å². The zero-order valence-electron chi connectivity index (χ0n) is 14.1. The van der Waals surface area contributed by atoms with E-state index < -0.39 is 0 Å². The summed E-state index contributed by atoms with van der Waals surface area (Å²) in [5, 5.41) is 3.53. The highest BCUT2D eigenvalue weighted by Crippen LogP contribution is 2.20. The number of carbonyl (C=O) groups is 1. The molecule has 2 aromatic carbocycles. The lowest BCUT2D eigenvalue weighted by atomic mass is 10.2. The molecule has 0 aliphatic carbocycles. The molecule has 25 heavy (non-hydrogen) atoms. The first kappa shape index (κ1) is 17.7. The smallest absolute Gasteiger partial charge is 0.238 e. The first-order valence-electron chi connectivity index (χ1n) is 8.30. The maximum absolute atomic E-state index is 13.0. The summed E-state index contributed by atoms with van der Waals surface area (Å²) in [5.74, 6) is -0.268. The number of hydrogen-bond acceptors (Lipinski definition) is 3. The zero-order chi connectivity index (χ0) is 17.8. The first-order chi connectivity index (χ1) is 12.0. The molecule has 1 heterocycles. The summed E-state index contributed by atoms with van der Waals surface area (Å²) in [6, 6.07) is 12.0. The predicted octanol–water partition coefficient (Wildman–Crippen LogP) is 3.55. The molecule has 0 radical (unpaired) electrons. The number of piperazine rings is 1. The van der Waals surface area contributed by atoms with Gasteiger partial charge in [0.25, 0.3) is 0 Å². The first-order valence-corrected chi connectivity index (χ1v) is 8.68. The average molecular weight is 362 g/mol. The number of amides is 1. The number of rotatable bonds is 4. The van der Waals surface area contributed by atoms with Gasteiger partial charge in [0.2, 0.25) is 5.91 Å². The zero-order valence-corrected chi connectivity index (χ0v) is 14.9. The summed E-state index contributed by atoms with van der Waals surface area (Å²) < 4.78 is 13.0. The Kier molecular flexibility index (Phi) is 5.56. The van der Waals surface area contributed by atoms with Gasteiger partial charge < -0.3 is 10.2 Å². The van der Waals surface area contributed by atoms with Gasteiger partial charge in [-0.2, -0.15) is 0 Å². The van der Waals surface area contributed by atoms with Crippen LogP contribution in [0.4, 0.5) is 15.8 Å². The lowest BCUT2D eigenvalue weighted by Gasteiger charge is -2.35. The van der Waals surface area contributed by atoms with E-state index >= 15 is 0 Å². The number of nitrogens with one attached hydrogen (secondary N) is 1. The van der Waals surface area contributed by atoms with Gasteiger partial charge in [0.1, 0.15) is 5.82 Å². The van der Waals surface area contributed by atoms with Gasteiger partial charge in [-0.25, -0.2) is 4.39 Å². The number of hydrogen-bond donors (Lipinski definition) is 1. The van der Waals surface area contributed by atoms with E-state index in [0.717, 1.165) is 43.1 Å². The van der Waals surface area contributed by atoms with E-state index in [1.165, 1.54) is 12.1 Å². The molecule has 1 aliphatic rings. The number of benzene rings is 2. The van der Waals surface area contributed by atoms with Crippen molar-refractivity contribution in [2.24, 2.45) is 0 Å². The molecule has 1 aliphatic heterocycles. The van der Waals surface area contributed by atoms with Crippen molar-refractivity contribution in [2.45, 2.75) is 6.92 Å². The molecule has 0 spiro atoms. The third kappa shape index (κ3) is 4.71. The summed E-state index contributed by atoms with van der Waals surface area (Å²) in [6.45, 7) is 5.50. The van der Waals surface area contributed by atoms with Crippen LogP contribution in [-0.4, -0.2) is 43.5 Å². The second-order valence-electron chi connectivity index (χ2n) is 6.25. The Morgan fingerprint density at radius 3 is 2.48 bits per heavy atom. The Morgan fingerprint density at radius 1 is 1.12 bits per heavy atom. The van der Waals surface area contributed by atoms with Crippen LogP contribution in [0, 0.1) is 12.7 Å². The van der Waals surface area contributed by atoms with Crippen LogP contribution in [0.2, 0.25) is 5.02 Å². The number of carbonyl (C=O) groups excluding carboxylic acids is 1. The van der Waals surface area contributed by atoms with Gasteiger partial charge in [-0.15, -0.1) is 0 Å². The standard InChI is InChI=1S/C19H21ClFN3O/c1-14-2-3-15(20)12-18(14)22-19(25)13-23-8-10-24(11-9-23)17-6-4-16(21)5-7-17/h2-7,12H,8-11,13H2,1H3,(H,22,25). The van der Waals surface area contributed by atoms with Crippen LogP contribution in [0.15, 0.2) is 42.5 Å². The Hall–Kier alpha value is -2.11. The molecule has 0 bridgehead atoms. The molecular weight excluding hydrogens is 341 g/mol. The monoisotopic (exact) mass is 361 g/mol. The normalized spacial score (nSPS) is 15.2. The fourth-order valence-corrected chi connectivity index (χ4v) is 3.11. The van der Waals surface area contributed by atoms with Crippen LogP contribution in [0.3, 0.4) is 0 Å². The van der Waals surface area contributed by atoms with Gasteiger partial charge >= 0.3 is 0 Å². The quantitative estimate of drug-likeness (QED) is 0.904. The lowest BCUT2D eigenvalue weighted by Crippen LogP contribution is -2.48. The van der Waals surface area contributed by atoms with Crippen molar-refractivity contribution in [3.8, 4) is 0 Å². The van der Waals surface area contributed by atoms with E-state index in [-0.39, 0.29) is 11.7 Å². The van der Waals surface area contributed by atoms with Gasteiger partial charge in [0.05, 0.1) is 6.54 Å². The number of anilines is 2. The molecule has 1 saturated heterocycles. The molecule has 4 nitrogen and oxygen atoms in total. The largest absolute Gasteiger partial charge is 0.369 e. The van der Waals surface area contributed by atoms with E-state index in [9.17, 15) is 9.18 Å². The van der Waals surface area contributed by atoms with Crippen LogP contribution >= 0.6 is 11.6 Å². The fourth-order valence-electron chi connectivity index (χ4n) is 2.94. The number of aryl methyl sites for hydroxylation is 1. The van der Waals surface area contributed by atoms with Gasteiger partial charge in [-0.1, -0.05) is 17.7 Å². The van der Waals surface area contributed by atoms with Crippen molar-refractivity contribution in [1.82, 2.24) is 4.90 Å². The molecule has 132 valence electrons. The second kappa shape index (κ2) is 7.85. The average Bonchev–Trinajstić information content (AvgIpc) is 2.59. The molecule has 1 N–H and O–H groups in total. The fraction of sp³-hybridized carbons (Fsp3) is 0.316. The maximum Gasteiger partial charge on any atom is 0.238 e. The molecule has 1 amide bonds. The topological polar surface area (TPSA) is 35.6 Å². The van der Waals surface area contributed by atoms with Crippen molar-refractivity contribution in [3.05, 3.63) is 58.9 Å². The van der Waals surface area contributed by atoms with Crippen molar-refractivity contribution in [3.63, 3.8) is 0 Å². The Bertz CT molecular complexity index is 743. The molecule has 3 rings (SSSR count). The SMILES string of the molecule is Cc1ccc(Cl)cc1NC(=O)CN1CCN(c2ccc(F)cc2)CC1. The summed E-state index contributed by atoms with van der Waals surface area (Å²) >= 11 is 5.99. The molecule has 0 saturated carbocycles. The summed E-state index contributed by atoms with van der Waals surface area (Å²) in [6.07, 6.45) is 0. The molecule has 0 atom stereocenters. The molecule has 0 aromatic heterocycles. The highest BCUT2D eigenvalue weighted by Gasteiger charge is 2.19. The molecule has 6 heteroatoms. The van der Waals surface area contributed by atoms with Crippen molar-refractivity contribution in [1.29, 1.82) is 0 Å².